The van der Waals surface area contributed by atoms with Crippen LogP contribution in [0, 0.1) is 5.92 Å². The van der Waals surface area contributed by atoms with Crippen molar-refractivity contribution < 1.29 is 14.6 Å². The van der Waals surface area contributed by atoms with Gasteiger partial charge in [-0.2, -0.15) is 0 Å². The zero-order valence-corrected chi connectivity index (χ0v) is 7.45. The van der Waals surface area contributed by atoms with Crippen molar-refractivity contribution in [3.05, 3.63) is 0 Å². The monoisotopic (exact) mass is 172 g/mol. The van der Waals surface area contributed by atoms with Gasteiger partial charge in [-0.25, -0.2) is 0 Å². The van der Waals surface area contributed by atoms with Crippen molar-refractivity contribution in [2.75, 3.05) is 13.2 Å². The molecule has 0 unspecified atom stereocenters. The van der Waals surface area contributed by atoms with Gasteiger partial charge < -0.3 is 14.6 Å². The summed E-state index contributed by atoms with van der Waals surface area (Å²) in [7, 11) is 0. The molecule has 0 saturated carbocycles. The maximum absolute atomic E-state index is 10.3. The molecule has 0 radical (unpaired) electrons. The van der Waals surface area contributed by atoms with Crippen LogP contribution in [0.2, 0.25) is 0 Å². The fraction of sp³-hybridized carbons (Fsp3) is 0.889. The molecule has 0 aromatic carbocycles. The predicted molar refractivity (Wildman–Crippen MR) is 44.8 cm³/mol. The van der Waals surface area contributed by atoms with Crippen molar-refractivity contribution in [2.45, 2.75) is 31.8 Å². The highest BCUT2D eigenvalue weighted by molar-refractivity contribution is 5.51. The minimum absolute atomic E-state index is 0.219. The molecule has 1 N–H and O–H groups in total. The van der Waals surface area contributed by atoms with Crippen molar-refractivity contribution in [3.63, 3.8) is 0 Å². The summed E-state index contributed by atoms with van der Waals surface area (Å²) in [5, 5.41) is 9.85. The molecule has 0 spiro atoms. The van der Waals surface area contributed by atoms with Gasteiger partial charge in [0.2, 0.25) is 0 Å². The predicted octanol–water partition coefficient (Wildman–Crippen LogP) is 0.753. The van der Waals surface area contributed by atoms with Gasteiger partial charge in [0.15, 0.2) is 0 Å². The highest BCUT2D eigenvalue weighted by atomic mass is 16.5. The Labute approximate surface area is 72.7 Å². The number of hydrogen-bond donors (Lipinski definition) is 1. The van der Waals surface area contributed by atoms with Crippen molar-refractivity contribution in [3.8, 4) is 0 Å². The average molecular weight is 172 g/mol. The average Bonchev–Trinajstić information content (AvgIpc) is 2.06. The summed E-state index contributed by atoms with van der Waals surface area (Å²) in [6.45, 7) is 3.15. The standard InChI is InChI=1S/C9H16O3/c1-9(11,4-5-10)8-2-6-12-7-3-8/h5,8,11H,2-4,6-7H2,1H3/t9-/m0/s1. The summed E-state index contributed by atoms with van der Waals surface area (Å²) >= 11 is 0. The van der Waals surface area contributed by atoms with Gasteiger partial charge in [0.05, 0.1) is 5.60 Å². The summed E-state index contributed by atoms with van der Waals surface area (Å²) in [4.78, 5) is 10.3. The van der Waals surface area contributed by atoms with Gasteiger partial charge in [-0.05, 0) is 25.7 Å². The first-order chi connectivity index (χ1) is 5.67. The van der Waals surface area contributed by atoms with Gasteiger partial charge in [0.25, 0.3) is 0 Å². The highest BCUT2D eigenvalue weighted by Gasteiger charge is 2.32. The van der Waals surface area contributed by atoms with Crippen molar-refractivity contribution in [1.82, 2.24) is 0 Å². The lowest BCUT2D eigenvalue weighted by Gasteiger charge is -2.34. The molecule has 1 fully saturated rings. The number of rotatable bonds is 3. The Morgan fingerprint density at radius 2 is 2.17 bits per heavy atom. The van der Waals surface area contributed by atoms with E-state index in [-0.39, 0.29) is 12.3 Å². The highest BCUT2D eigenvalue weighted by Crippen LogP contribution is 2.28. The first-order valence-corrected chi connectivity index (χ1v) is 4.40. The van der Waals surface area contributed by atoms with E-state index in [0.29, 0.717) is 13.2 Å². The Balaban J connectivity index is 2.47. The second kappa shape index (κ2) is 4.01. The molecule has 3 nitrogen and oxygen atoms in total. The second-order valence-corrected chi connectivity index (χ2v) is 3.61. The molecule has 1 rings (SSSR count). The van der Waals surface area contributed by atoms with Crippen molar-refractivity contribution in [2.24, 2.45) is 5.92 Å². The molecular formula is C9H16O3. The van der Waals surface area contributed by atoms with Crippen LogP contribution in [-0.2, 0) is 9.53 Å². The minimum Gasteiger partial charge on any atom is -0.389 e. The molecule has 1 aliphatic heterocycles. The lowest BCUT2D eigenvalue weighted by molar-refractivity contribution is -0.116. The molecule has 0 amide bonds. The molecule has 0 aromatic heterocycles. The van der Waals surface area contributed by atoms with Crippen molar-refractivity contribution >= 4 is 6.29 Å². The Morgan fingerprint density at radius 1 is 1.58 bits per heavy atom. The normalized spacial score (nSPS) is 24.8. The summed E-state index contributed by atoms with van der Waals surface area (Å²) < 4.78 is 5.17. The summed E-state index contributed by atoms with van der Waals surface area (Å²) in [5.74, 6) is 0.219. The Bertz CT molecular complexity index is 148. The molecule has 0 aliphatic carbocycles. The molecule has 70 valence electrons. The number of carbonyl (C=O) groups excluding carboxylic acids is 1. The zero-order chi connectivity index (χ0) is 9.03. The van der Waals surface area contributed by atoms with Crippen LogP contribution in [-0.4, -0.2) is 30.2 Å². The maximum Gasteiger partial charge on any atom is 0.122 e. The Morgan fingerprint density at radius 3 is 2.67 bits per heavy atom. The number of ether oxygens (including phenoxy) is 1. The third-order valence-electron chi connectivity index (χ3n) is 2.60. The third kappa shape index (κ3) is 2.29. The van der Waals surface area contributed by atoms with Crippen LogP contribution in [0.4, 0.5) is 0 Å². The molecule has 1 heterocycles. The van der Waals surface area contributed by atoms with E-state index in [1.54, 1.807) is 6.92 Å². The van der Waals surface area contributed by atoms with E-state index in [1.165, 1.54) is 0 Å². The van der Waals surface area contributed by atoms with Crippen LogP contribution in [0.25, 0.3) is 0 Å². The number of aldehydes is 1. The molecular weight excluding hydrogens is 156 g/mol. The first kappa shape index (κ1) is 9.68. The molecule has 12 heavy (non-hydrogen) atoms. The summed E-state index contributed by atoms with van der Waals surface area (Å²) in [6, 6.07) is 0. The van der Waals surface area contributed by atoms with Crippen LogP contribution >= 0.6 is 0 Å². The van der Waals surface area contributed by atoms with Gasteiger partial charge in [-0.3, -0.25) is 0 Å². The number of carbonyl (C=O) groups is 1. The lowest BCUT2D eigenvalue weighted by atomic mass is 9.81. The minimum atomic E-state index is -0.828. The zero-order valence-electron chi connectivity index (χ0n) is 7.45. The van der Waals surface area contributed by atoms with Gasteiger partial charge in [-0.1, -0.05) is 0 Å². The first-order valence-electron chi connectivity index (χ1n) is 4.40. The van der Waals surface area contributed by atoms with E-state index < -0.39 is 5.60 Å². The summed E-state index contributed by atoms with van der Waals surface area (Å²) in [6.07, 6.45) is 2.74. The van der Waals surface area contributed by atoms with E-state index in [0.717, 1.165) is 19.1 Å². The largest absolute Gasteiger partial charge is 0.389 e. The second-order valence-electron chi connectivity index (χ2n) is 3.61. The van der Waals surface area contributed by atoms with Crippen molar-refractivity contribution in [1.29, 1.82) is 0 Å². The van der Waals surface area contributed by atoms with Crippen LogP contribution in [0.5, 0.6) is 0 Å². The molecule has 0 aromatic rings. The lowest BCUT2D eigenvalue weighted by Crippen LogP contribution is -2.38. The van der Waals surface area contributed by atoms with Gasteiger partial charge in [-0.15, -0.1) is 0 Å². The van der Waals surface area contributed by atoms with E-state index >= 15 is 0 Å². The smallest absolute Gasteiger partial charge is 0.122 e. The van der Waals surface area contributed by atoms with Crippen LogP contribution < -0.4 is 0 Å². The van der Waals surface area contributed by atoms with E-state index in [4.69, 9.17) is 4.74 Å². The quantitative estimate of drug-likeness (QED) is 0.639. The van der Waals surface area contributed by atoms with Crippen LogP contribution in [0.15, 0.2) is 0 Å². The van der Waals surface area contributed by atoms with Gasteiger partial charge >= 0.3 is 0 Å². The topological polar surface area (TPSA) is 46.5 Å². The van der Waals surface area contributed by atoms with Gasteiger partial charge in [0.1, 0.15) is 6.29 Å². The molecule has 1 aliphatic rings. The molecule has 3 heteroatoms. The van der Waals surface area contributed by atoms with Crippen LogP contribution in [0.3, 0.4) is 0 Å². The molecule has 1 atom stereocenters. The molecule has 0 bridgehead atoms. The van der Waals surface area contributed by atoms with E-state index in [9.17, 15) is 9.90 Å². The number of hydrogen-bond acceptors (Lipinski definition) is 3. The Hall–Kier alpha value is -0.410. The fourth-order valence-corrected chi connectivity index (χ4v) is 1.65. The Kier molecular flexibility index (Phi) is 3.23. The number of aliphatic hydroxyl groups is 1. The van der Waals surface area contributed by atoms with Crippen LogP contribution in [0.1, 0.15) is 26.2 Å². The van der Waals surface area contributed by atoms with Gasteiger partial charge in [0, 0.05) is 19.6 Å². The van der Waals surface area contributed by atoms with E-state index in [1.807, 2.05) is 0 Å². The maximum atomic E-state index is 10.3. The molecule has 1 saturated heterocycles. The fourth-order valence-electron chi connectivity index (χ4n) is 1.65. The SMILES string of the molecule is C[C@](O)(CC=O)C1CCOCC1. The summed E-state index contributed by atoms with van der Waals surface area (Å²) in [5.41, 5.74) is -0.828. The third-order valence-corrected chi connectivity index (χ3v) is 2.60. The van der Waals surface area contributed by atoms with E-state index in [2.05, 4.69) is 0 Å².